The van der Waals surface area contributed by atoms with Crippen molar-refractivity contribution in [1.29, 1.82) is 5.41 Å². The van der Waals surface area contributed by atoms with Crippen molar-refractivity contribution < 1.29 is 18.3 Å². The average Bonchev–Trinajstić information content (AvgIpc) is 2.79. The van der Waals surface area contributed by atoms with Gasteiger partial charge in [0.1, 0.15) is 11.6 Å². The van der Waals surface area contributed by atoms with Gasteiger partial charge in [-0.2, -0.15) is 0 Å². The summed E-state index contributed by atoms with van der Waals surface area (Å²) in [6, 6.07) is 8.12. The molecule has 170 valence electrons. The number of hydrogen-bond acceptors (Lipinski definition) is 7. The maximum Gasteiger partial charge on any atom is 0.258 e. The first kappa shape index (κ1) is 23.3. The minimum atomic E-state index is -0.715. The number of aromatic nitrogens is 2. The van der Waals surface area contributed by atoms with Gasteiger partial charge in [-0.25, -0.2) is 18.7 Å². The molecule has 0 radical (unpaired) electrons. The lowest BCUT2D eigenvalue weighted by Gasteiger charge is -2.14. The summed E-state index contributed by atoms with van der Waals surface area (Å²) < 4.78 is 34.1. The predicted octanol–water partition coefficient (Wildman–Crippen LogP) is 4.80. The molecule has 0 atom stereocenters. The summed E-state index contributed by atoms with van der Waals surface area (Å²) in [7, 11) is 0. The molecule has 0 aliphatic carbocycles. The molecule has 0 aliphatic rings. The van der Waals surface area contributed by atoms with Crippen LogP contribution in [0.2, 0.25) is 0 Å². The quantitative estimate of drug-likeness (QED) is 0.287. The van der Waals surface area contributed by atoms with E-state index in [-0.39, 0.29) is 34.3 Å². The van der Waals surface area contributed by atoms with Gasteiger partial charge in [0.25, 0.3) is 5.91 Å². The molecule has 1 amide bonds. The normalized spacial score (nSPS) is 11.4. The zero-order chi connectivity index (χ0) is 24.0. The number of carbonyl (C=O) groups is 1. The van der Waals surface area contributed by atoms with Crippen molar-refractivity contribution in [3.8, 4) is 11.5 Å². The highest BCUT2D eigenvalue weighted by Gasteiger charge is 2.16. The molecule has 2 heterocycles. The number of nitrogens with two attached hydrogens (primary N) is 1. The van der Waals surface area contributed by atoms with Crippen molar-refractivity contribution in [2.75, 3.05) is 16.4 Å². The van der Waals surface area contributed by atoms with E-state index in [1.807, 2.05) is 0 Å². The molecule has 0 unspecified atom stereocenters. The highest BCUT2D eigenvalue weighted by atomic mass is 19.1. The summed E-state index contributed by atoms with van der Waals surface area (Å²) in [5.41, 5.74) is 6.69. The Bertz CT molecular complexity index is 1230. The summed E-state index contributed by atoms with van der Waals surface area (Å²) >= 11 is 0. The summed E-state index contributed by atoms with van der Waals surface area (Å²) in [5.74, 6) is -1.49. The number of pyridine rings is 2. The first-order chi connectivity index (χ1) is 15.8. The number of carbonyl (C=O) groups excluding carboxylic acids is 1. The largest absolute Gasteiger partial charge is 0.454 e. The van der Waals surface area contributed by atoms with Crippen LogP contribution in [0.4, 0.5) is 26.1 Å². The van der Waals surface area contributed by atoms with E-state index in [4.69, 9.17) is 15.9 Å². The Morgan fingerprint density at radius 3 is 2.58 bits per heavy atom. The number of anilines is 3. The molecule has 2 aromatic heterocycles. The van der Waals surface area contributed by atoms with Crippen molar-refractivity contribution in [1.82, 2.24) is 9.97 Å². The van der Waals surface area contributed by atoms with Crippen LogP contribution in [0.3, 0.4) is 0 Å². The molecular weight excluding hydrogens is 430 g/mol. The number of nitrogens with one attached hydrogen (secondary N) is 3. The molecule has 0 aliphatic heterocycles. The van der Waals surface area contributed by atoms with Crippen LogP contribution in [0.25, 0.3) is 0 Å². The average molecular weight is 452 g/mol. The van der Waals surface area contributed by atoms with E-state index in [0.717, 1.165) is 12.3 Å². The molecule has 10 heteroatoms. The molecule has 0 saturated carbocycles. The summed E-state index contributed by atoms with van der Waals surface area (Å²) in [5, 5.41) is 12.9. The molecule has 5 N–H and O–H groups in total. The molecule has 0 spiro atoms. The van der Waals surface area contributed by atoms with Gasteiger partial charge in [0, 0.05) is 41.6 Å². The lowest BCUT2D eigenvalue weighted by Crippen LogP contribution is -2.20. The van der Waals surface area contributed by atoms with Gasteiger partial charge in [0.05, 0.1) is 5.57 Å². The Kier molecular flexibility index (Phi) is 7.29. The number of amides is 1. The van der Waals surface area contributed by atoms with Gasteiger partial charge in [-0.15, -0.1) is 0 Å². The number of ether oxygens (including phenoxy) is 1. The second-order valence-corrected chi connectivity index (χ2v) is 6.87. The number of hydrogen-bond donors (Lipinski definition) is 4. The van der Waals surface area contributed by atoms with Gasteiger partial charge >= 0.3 is 0 Å². The van der Waals surface area contributed by atoms with Crippen LogP contribution in [-0.2, 0) is 4.79 Å². The van der Waals surface area contributed by atoms with Gasteiger partial charge in [0.15, 0.2) is 23.2 Å². The molecular formula is C23H22F2N6O2. The van der Waals surface area contributed by atoms with Crippen LogP contribution in [0.1, 0.15) is 18.9 Å². The van der Waals surface area contributed by atoms with E-state index in [1.165, 1.54) is 36.7 Å². The molecule has 8 nitrogen and oxygen atoms in total. The second-order valence-electron chi connectivity index (χ2n) is 6.87. The van der Waals surface area contributed by atoms with Gasteiger partial charge in [-0.3, -0.25) is 4.79 Å². The maximum absolute atomic E-state index is 14.6. The number of halogens is 2. The van der Waals surface area contributed by atoms with Crippen molar-refractivity contribution in [2.24, 2.45) is 0 Å². The van der Waals surface area contributed by atoms with E-state index in [9.17, 15) is 13.6 Å². The SMILES string of the molecule is CC/C(Nc1ncccc1F)=C(/C=N)C(=O)Nc1ccc(Oc2ccnc(N)c2C)c(F)c1. The Morgan fingerprint density at radius 2 is 1.91 bits per heavy atom. The molecule has 3 rings (SSSR count). The lowest BCUT2D eigenvalue weighted by atomic mass is 10.1. The number of rotatable bonds is 8. The van der Waals surface area contributed by atoms with Gasteiger partial charge in [0.2, 0.25) is 0 Å². The monoisotopic (exact) mass is 452 g/mol. The number of benzene rings is 1. The number of nitrogens with zero attached hydrogens (tertiary/aromatic N) is 2. The van der Waals surface area contributed by atoms with Crippen LogP contribution in [0.15, 0.2) is 60.1 Å². The molecule has 3 aromatic rings. The lowest BCUT2D eigenvalue weighted by molar-refractivity contribution is -0.112. The van der Waals surface area contributed by atoms with Crippen LogP contribution in [-0.4, -0.2) is 22.1 Å². The first-order valence-corrected chi connectivity index (χ1v) is 9.95. The third-order valence-electron chi connectivity index (χ3n) is 4.70. The van der Waals surface area contributed by atoms with E-state index < -0.39 is 17.5 Å². The summed E-state index contributed by atoms with van der Waals surface area (Å²) in [4.78, 5) is 20.6. The Balaban J connectivity index is 1.80. The Labute approximate surface area is 189 Å². The molecule has 0 bridgehead atoms. The summed E-state index contributed by atoms with van der Waals surface area (Å²) in [6.45, 7) is 3.44. The Hall–Kier alpha value is -4.34. The van der Waals surface area contributed by atoms with Crippen LogP contribution < -0.4 is 21.1 Å². The first-order valence-electron chi connectivity index (χ1n) is 9.95. The fourth-order valence-corrected chi connectivity index (χ4v) is 2.88. The van der Waals surface area contributed by atoms with Gasteiger partial charge < -0.3 is 26.5 Å². The third-order valence-corrected chi connectivity index (χ3v) is 4.70. The molecule has 0 saturated heterocycles. The third kappa shape index (κ3) is 5.48. The van der Waals surface area contributed by atoms with Crippen molar-refractivity contribution in [3.05, 3.63) is 77.3 Å². The minimum Gasteiger partial charge on any atom is -0.454 e. The number of nitrogen functional groups attached to an aromatic ring is 1. The second kappa shape index (κ2) is 10.3. The molecule has 33 heavy (non-hydrogen) atoms. The fourth-order valence-electron chi connectivity index (χ4n) is 2.88. The van der Waals surface area contributed by atoms with E-state index in [0.29, 0.717) is 17.7 Å². The van der Waals surface area contributed by atoms with Gasteiger partial charge in [-0.05, 0) is 43.7 Å². The fraction of sp³-hybridized carbons (Fsp3) is 0.130. The highest BCUT2D eigenvalue weighted by Crippen LogP contribution is 2.30. The topological polar surface area (TPSA) is 126 Å². The Morgan fingerprint density at radius 1 is 1.12 bits per heavy atom. The number of allylic oxidation sites excluding steroid dienone is 1. The van der Waals surface area contributed by atoms with Crippen molar-refractivity contribution in [2.45, 2.75) is 20.3 Å². The van der Waals surface area contributed by atoms with Crippen LogP contribution in [0.5, 0.6) is 11.5 Å². The molecule has 1 aromatic carbocycles. The smallest absolute Gasteiger partial charge is 0.258 e. The van der Waals surface area contributed by atoms with Crippen LogP contribution in [0, 0.1) is 24.0 Å². The summed E-state index contributed by atoms with van der Waals surface area (Å²) in [6.07, 6.45) is 3.98. The van der Waals surface area contributed by atoms with Crippen molar-refractivity contribution in [3.63, 3.8) is 0 Å². The maximum atomic E-state index is 14.6. The highest BCUT2D eigenvalue weighted by molar-refractivity contribution is 6.18. The van der Waals surface area contributed by atoms with Gasteiger partial charge in [-0.1, -0.05) is 6.92 Å². The van der Waals surface area contributed by atoms with E-state index >= 15 is 0 Å². The van der Waals surface area contributed by atoms with Crippen molar-refractivity contribution >= 4 is 29.4 Å². The predicted molar refractivity (Wildman–Crippen MR) is 122 cm³/mol. The standard InChI is InChI=1S/C23H22F2N6O2/c1-3-18(31-22-16(24)5-4-9-29-22)15(12-26)23(32)30-14-6-7-20(17(25)11-14)33-19-8-10-28-21(27)13(19)2/h4-12,26H,3H2,1-2H3,(H2,27,28)(H,29,31)(H,30,32)/b18-15+,26-12?. The minimum absolute atomic E-state index is 0.0498. The van der Waals surface area contributed by atoms with E-state index in [2.05, 4.69) is 20.6 Å². The zero-order valence-electron chi connectivity index (χ0n) is 17.9. The van der Waals surface area contributed by atoms with Crippen LogP contribution >= 0.6 is 0 Å². The van der Waals surface area contributed by atoms with E-state index in [1.54, 1.807) is 19.9 Å². The zero-order valence-corrected chi connectivity index (χ0v) is 17.9. The molecule has 0 fully saturated rings.